The minimum Gasteiger partial charge on any atom is -0.454 e. The summed E-state index contributed by atoms with van der Waals surface area (Å²) < 4.78 is 10.9. The number of amides is 3. The molecule has 2 aromatic rings. The molecule has 3 aliphatic rings. The summed E-state index contributed by atoms with van der Waals surface area (Å²) in [7, 11) is 0. The van der Waals surface area contributed by atoms with Gasteiger partial charge in [0.2, 0.25) is 6.79 Å². The van der Waals surface area contributed by atoms with Gasteiger partial charge < -0.3 is 19.3 Å². The lowest BCUT2D eigenvalue weighted by Gasteiger charge is -2.42. The molecule has 3 aliphatic heterocycles. The van der Waals surface area contributed by atoms with Crippen LogP contribution >= 0.6 is 0 Å². The van der Waals surface area contributed by atoms with Gasteiger partial charge in [-0.05, 0) is 61.9 Å². The van der Waals surface area contributed by atoms with Crippen LogP contribution in [-0.4, -0.2) is 70.1 Å². The van der Waals surface area contributed by atoms with Gasteiger partial charge in [0, 0.05) is 32.4 Å². The first-order valence-corrected chi connectivity index (χ1v) is 12.1. The van der Waals surface area contributed by atoms with Crippen molar-refractivity contribution in [3.8, 4) is 11.5 Å². The van der Waals surface area contributed by atoms with E-state index >= 15 is 0 Å². The Bertz CT molecular complexity index is 1050. The molecule has 0 aliphatic carbocycles. The Labute approximate surface area is 200 Å². The smallest absolute Gasteiger partial charge is 0.328 e. The van der Waals surface area contributed by atoms with Crippen molar-refractivity contribution in [2.75, 3.05) is 33.0 Å². The molecule has 0 radical (unpaired) electrons. The summed E-state index contributed by atoms with van der Waals surface area (Å²) in [4.78, 5) is 36.6. The van der Waals surface area contributed by atoms with Gasteiger partial charge in [-0.3, -0.25) is 14.7 Å². The van der Waals surface area contributed by atoms with Gasteiger partial charge in [-0.25, -0.2) is 4.79 Å². The summed E-state index contributed by atoms with van der Waals surface area (Å²) in [6, 6.07) is 11.5. The van der Waals surface area contributed by atoms with Gasteiger partial charge in [0.25, 0.3) is 5.91 Å². The molecule has 34 heavy (non-hydrogen) atoms. The van der Waals surface area contributed by atoms with E-state index in [0.29, 0.717) is 32.1 Å². The number of imide groups is 1. The molecular formula is C26H32N4O4. The van der Waals surface area contributed by atoms with Crippen LogP contribution in [0.5, 0.6) is 11.5 Å². The number of piperidine rings is 1. The monoisotopic (exact) mass is 464 g/mol. The van der Waals surface area contributed by atoms with Crippen molar-refractivity contribution in [1.29, 1.82) is 0 Å². The molecule has 1 aromatic heterocycles. The third-order valence-electron chi connectivity index (χ3n) is 7.26. The van der Waals surface area contributed by atoms with Crippen molar-refractivity contribution in [3.63, 3.8) is 0 Å². The summed E-state index contributed by atoms with van der Waals surface area (Å²) in [5, 5.41) is 0. The lowest BCUT2D eigenvalue weighted by molar-refractivity contribution is -0.136. The molecule has 8 heteroatoms. The Morgan fingerprint density at radius 3 is 2.62 bits per heavy atom. The van der Waals surface area contributed by atoms with Crippen molar-refractivity contribution in [2.45, 2.75) is 45.2 Å². The van der Waals surface area contributed by atoms with E-state index in [9.17, 15) is 9.59 Å². The number of urea groups is 1. The molecule has 0 N–H and O–H groups in total. The second-order valence-corrected chi connectivity index (χ2v) is 9.57. The molecule has 180 valence electrons. The van der Waals surface area contributed by atoms with E-state index in [1.165, 1.54) is 10.5 Å². The van der Waals surface area contributed by atoms with E-state index in [1.807, 2.05) is 31.2 Å². The van der Waals surface area contributed by atoms with E-state index in [0.717, 1.165) is 43.2 Å². The van der Waals surface area contributed by atoms with Crippen LogP contribution in [0.4, 0.5) is 4.79 Å². The van der Waals surface area contributed by atoms with Gasteiger partial charge in [-0.15, -0.1) is 0 Å². The predicted octanol–water partition coefficient (Wildman–Crippen LogP) is 3.31. The molecule has 1 aromatic carbocycles. The molecule has 3 amide bonds. The minimum atomic E-state index is -0.725. The van der Waals surface area contributed by atoms with Crippen LogP contribution in [0, 0.1) is 5.92 Å². The van der Waals surface area contributed by atoms with Crippen molar-refractivity contribution in [2.24, 2.45) is 5.92 Å². The Balaban J connectivity index is 1.20. The van der Waals surface area contributed by atoms with Crippen molar-refractivity contribution in [3.05, 3.63) is 53.9 Å². The summed E-state index contributed by atoms with van der Waals surface area (Å²) in [6.45, 7) is 7.83. The molecule has 5 rings (SSSR count). The van der Waals surface area contributed by atoms with Crippen LogP contribution in [0.2, 0.25) is 0 Å². The van der Waals surface area contributed by atoms with Crippen molar-refractivity contribution >= 4 is 11.9 Å². The number of ether oxygens (including phenoxy) is 2. The fourth-order valence-electron chi connectivity index (χ4n) is 5.58. The number of benzene rings is 1. The highest BCUT2D eigenvalue weighted by Gasteiger charge is 2.57. The number of carbonyl (C=O) groups is 2. The van der Waals surface area contributed by atoms with Crippen LogP contribution in [0.1, 0.15) is 37.9 Å². The molecule has 0 bridgehead atoms. The van der Waals surface area contributed by atoms with Crippen molar-refractivity contribution < 1.29 is 19.1 Å². The standard InChI is InChI=1S/C26H32N4O4/c1-3-30-25(32)29(17-21-6-4-5-11-27-21)24(31)26(30)9-12-28(13-10-26)16-19(2)14-20-7-8-22-23(15-20)34-18-33-22/h4-8,11,15,19H,3,9-10,12-14,16-18H2,1-2H3/t19-/m1/s1. The first-order chi connectivity index (χ1) is 16.5. The summed E-state index contributed by atoms with van der Waals surface area (Å²) >= 11 is 0. The van der Waals surface area contributed by atoms with E-state index in [2.05, 4.69) is 28.9 Å². The molecule has 2 saturated heterocycles. The number of nitrogens with zero attached hydrogens (tertiary/aromatic N) is 4. The number of aromatic nitrogens is 1. The lowest BCUT2D eigenvalue weighted by Crippen LogP contribution is -2.56. The van der Waals surface area contributed by atoms with Crippen molar-refractivity contribution in [1.82, 2.24) is 19.7 Å². The maximum atomic E-state index is 13.5. The van der Waals surface area contributed by atoms with Crippen LogP contribution in [0.15, 0.2) is 42.6 Å². The maximum Gasteiger partial charge on any atom is 0.328 e. The van der Waals surface area contributed by atoms with Gasteiger partial charge in [-0.2, -0.15) is 0 Å². The number of hydrogen-bond acceptors (Lipinski definition) is 6. The number of fused-ring (bicyclic) bond motifs is 1. The SMILES string of the molecule is CCN1C(=O)N(Cc2ccccn2)C(=O)C12CCN(C[C@H](C)Cc1ccc3c(c1)OCO3)CC2. The zero-order chi connectivity index (χ0) is 23.7. The lowest BCUT2D eigenvalue weighted by atomic mass is 9.85. The minimum absolute atomic E-state index is 0.0712. The summed E-state index contributed by atoms with van der Waals surface area (Å²) in [5.41, 5.74) is 1.24. The molecule has 8 nitrogen and oxygen atoms in total. The number of carbonyl (C=O) groups excluding carboxylic acids is 2. The fraction of sp³-hybridized carbons (Fsp3) is 0.500. The van der Waals surface area contributed by atoms with E-state index in [4.69, 9.17) is 9.47 Å². The number of likely N-dealkylation sites (tertiary alicyclic amines) is 1. The second kappa shape index (κ2) is 9.25. The normalized spacial score (nSPS) is 20.4. The highest BCUT2D eigenvalue weighted by atomic mass is 16.7. The van der Waals surface area contributed by atoms with Gasteiger partial charge in [-0.1, -0.05) is 19.1 Å². The molecule has 2 fully saturated rings. The topological polar surface area (TPSA) is 75.2 Å². The first kappa shape index (κ1) is 22.7. The van der Waals surface area contributed by atoms with Gasteiger partial charge in [0.1, 0.15) is 5.54 Å². The molecule has 1 spiro atoms. The third-order valence-corrected chi connectivity index (χ3v) is 7.26. The average Bonchev–Trinajstić information content (AvgIpc) is 3.38. The van der Waals surface area contributed by atoms with Gasteiger partial charge in [0.05, 0.1) is 12.2 Å². The van der Waals surface area contributed by atoms with Gasteiger partial charge >= 0.3 is 6.03 Å². The third kappa shape index (κ3) is 4.11. The molecule has 4 heterocycles. The Morgan fingerprint density at radius 2 is 1.88 bits per heavy atom. The van der Waals surface area contributed by atoms with E-state index in [-0.39, 0.29) is 18.5 Å². The Morgan fingerprint density at radius 1 is 1.09 bits per heavy atom. The van der Waals surface area contributed by atoms with E-state index < -0.39 is 5.54 Å². The summed E-state index contributed by atoms with van der Waals surface area (Å²) in [5.74, 6) is 2.02. The number of hydrogen-bond donors (Lipinski definition) is 0. The highest BCUT2D eigenvalue weighted by Crippen LogP contribution is 2.38. The number of pyridine rings is 1. The van der Waals surface area contributed by atoms with Crippen LogP contribution in [-0.2, 0) is 17.8 Å². The van der Waals surface area contributed by atoms with E-state index in [1.54, 1.807) is 11.1 Å². The quantitative estimate of drug-likeness (QED) is 0.586. The zero-order valence-electron chi connectivity index (χ0n) is 19.9. The fourth-order valence-corrected chi connectivity index (χ4v) is 5.58. The Kier molecular flexibility index (Phi) is 6.16. The predicted molar refractivity (Wildman–Crippen MR) is 126 cm³/mol. The number of rotatable bonds is 7. The summed E-state index contributed by atoms with van der Waals surface area (Å²) in [6.07, 6.45) is 3.98. The molecule has 1 atom stereocenters. The van der Waals surface area contributed by atoms with Crippen LogP contribution in [0.3, 0.4) is 0 Å². The van der Waals surface area contributed by atoms with Crippen LogP contribution in [0.25, 0.3) is 0 Å². The van der Waals surface area contributed by atoms with Crippen LogP contribution < -0.4 is 9.47 Å². The highest BCUT2D eigenvalue weighted by molar-refractivity contribution is 6.07. The average molecular weight is 465 g/mol. The first-order valence-electron chi connectivity index (χ1n) is 12.1. The molecule has 0 saturated carbocycles. The second-order valence-electron chi connectivity index (χ2n) is 9.57. The molecule has 0 unspecified atom stereocenters. The number of likely N-dealkylation sites (N-methyl/N-ethyl adjacent to an activating group) is 1. The van der Waals surface area contributed by atoms with Gasteiger partial charge in [0.15, 0.2) is 11.5 Å². The Hall–Kier alpha value is -3.13. The molecular weight excluding hydrogens is 432 g/mol. The maximum absolute atomic E-state index is 13.5. The largest absolute Gasteiger partial charge is 0.454 e. The zero-order valence-corrected chi connectivity index (χ0v) is 19.9.